The van der Waals surface area contributed by atoms with Crippen LogP contribution in [-0.4, -0.2) is 28.7 Å². The van der Waals surface area contributed by atoms with E-state index in [0.29, 0.717) is 6.42 Å². The summed E-state index contributed by atoms with van der Waals surface area (Å²) in [5.41, 5.74) is 6.34. The smallest absolute Gasteiger partial charge is 0.323 e. The van der Waals surface area contributed by atoms with Gasteiger partial charge in [-0.15, -0.1) is 12.4 Å². The molecule has 0 bridgehead atoms. The lowest BCUT2D eigenvalue weighted by molar-refractivity contribution is -0.142. The fourth-order valence-corrected chi connectivity index (χ4v) is 1.03. The van der Waals surface area contributed by atoms with E-state index in [-0.39, 0.29) is 12.4 Å². The molecule has 0 aliphatic rings. The second-order valence-electron chi connectivity index (χ2n) is 2.86. The van der Waals surface area contributed by atoms with E-state index in [9.17, 15) is 4.79 Å². The summed E-state index contributed by atoms with van der Waals surface area (Å²) in [5, 5.41) is 0. The minimum Gasteiger partial charge on any atom is -0.468 e. The molecular formula is C8H14ClN3O2. The summed E-state index contributed by atoms with van der Waals surface area (Å²) in [6.45, 7) is 0. The van der Waals surface area contributed by atoms with Crippen LogP contribution < -0.4 is 5.73 Å². The Hall–Kier alpha value is -1.07. The topological polar surface area (TPSA) is 70.1 Å². The van der Waals surface area contributed by atoms with Gasteiger partial charge in [-0.1, -0.05) is 0 Å². The van der Waals surface area contributed by atoms with Gasteiger partial charge in [0.15, 0.2) is 0 Å². The first-order chi connectivity index (χ1) is 6.13. The quantitative estimate of drug-likeness (QED) is 0.720. The molecule has 0 radical (unpaired) electrons. The number of nitrogens with two attached hydrogens (primary N) is 1. The van der Waals surface area contributed by atoms with E-state index in [1.165, 1.54) is 7.11 Å². The molecule has 0 spiro atoms. The zero-order chi connectivity index (χ0) is 9.84. The third-order valence-electron chi connectivity index (χ3n) is 1.69. The van der Waals surface area contributed by atoms with Crippen LogP contribution in [0.15, 0.2) is 12.5 Å². The number of carbonyl (C=O) groups is 1. The Morgan fingerprint density at radius 1 is 1.79 bits per heavy atom. The zero-order valence-electron chi connectivity index (χ0n) is 8.14. The standard InChI is InChI=1S/C8H13N3O2.ClH/c1-11-4-6(10-5-11)3-7(9)8(12)13-2;/h4-5,7H,3,9H2,1-2H3;1H/t7-;/m0./s1. The molecule has 0 saturated heterocycles. The van der Waals surface area contributed by atoms with Crippen LogP contribution in [0, 0.1) is 0 Å². The maximum Gasteiger partial charge on any atom is 0.323 e. The van der Waals surface area contributed by atoms with Crippen molar-refractivity contribution in [2.24, 2.45) is 12.8 Å². The minimum absolute atomic E-state index is 0. The van der Waals surface area contributed by atoms with E-state index in [2.05, 4.69) is 9.72 Å². The van der Waals surface area contributed by atoms with Crippen molar-refractivity contribution in [2.45, 2.75) is 12.5 Å². The third-order valence-corrected chi connectivity index (χ3v) is 1.69. The molecule has 0 fully saturated rings. The molecular weight excluding hydrogens is 206 g/mol. The first kappa shape index (κ1) is 12.9. The van der Waals surface area contributed by atoms with Gasteiger partial charge in [-0.2, -0.15) is 0 Å². The van der Waals surface area contributed by atoms with Crippen molar-refractivity contribution in [1.82, 2.24) is 9.55 Å². The maximum absolute atomic E-state index is 10.9. The molecule has 0 aromatic carbocycles. The van der Waals surface area contributed by atoms with Crippen LogP contribution in [0.25, 0.3) is 0 Å². The van der Waals surface area contributed by atoms with Gasteiger partial charge in [-0.05, 0) is 0 Å². The molecule has 1 aromatic heterocycles. The Kier molecular flexibility index (Phi) is 5.19. The van der Waals surface area contributed by atoms with Gasteiger partial charge in [0, 0.05) is 19.7 Å². The number of aromatic nitrogens is 2. The van der Waals surface area contributed by atoms with E-state index >= 15 is 0 Å². The lowest BCUT2D eigenvalue weighted by atomic mass is 10.2. The normalized spacial score (nSPS) is 11.6. The van der Waals surface area contributed by atoms with E-state index in [0.717, 1.165) is 5.69 Å². The molecule has 1 rings (SSSR count). The van der Waals surface area contributed by atoms with E-state index in [1.54, 1.807) is 10.9 Å². The van der Waals surface area contributed by atoms with Gasteiger partial charge in [0.2, 0.25) is 0 Å². The Bertz CT molecular complexity index is 301. The number of esters is 1. The van der Waals surface area contributed by atoms with Gasteiger partial charge in [-0.3, -0.25) is 4.79 Å². The highest BCUT2D eigenvalue weighted by Crippen LogP contribution is 1.99. The summed E-state index contributed by atoms with van der Waals surface area (Å²) >= 11 is 0. The van der Waals surface area contributed by atoms with Crippen molar-refractivity contribution in [3.8, 4) is 0 Å². The SMILES string of the molecule is COC(=O)[C@@H](N)Cc1cn(C)cn1.Cl. The molecule has 14 heavy (non-hydrogen) atoms. The molecule has 5 nitrogen and oxygen atoms in total. The Labute approximate surface area is 88.7 Å². The van der Waals surface area contributed by atoms with E-state index in [1.807, 2.05) is 13.2 Å². The van der Waals surface area contributed by atoms with Crippen molar-refractivity contribution in [1.29, 1.82) is 0 Å². The number of halogens is 1. The monoisotopic (exact) mass is 219 g/mol. The number of nitrogens with zero attached hydrogens (tertiary/aromatic N) is 2. The highest BCUT2D eigenvalue weighted by molar-refractivity contribution is 5.85. The molecule has 80 valence electrons. The van der Waals surface area contributed by atoms with Crippen molar-refractivity contribution in [3.63, 3.8) is 0 Å². The molecule has 0 saturated carbocycles. The van der Waals surface area contributed by atoms with Gasteiger partial charge in [0.25, 0.3) is 0 Å². The molecule has 1 atom stereocenters. The van der Waals surface area contributed by atoms with Gasteiger partial charge in [0.1, 0.15) is 6.04 Å². The molecule has 0 aliphatic heterocycles. The fourth-order valence-electron chi connectivity index (χ4n) is 1.03. The summed E-state index contributed by atoms with van der Waals surface area (Å²) in [5.74, 6) is -0.411. The van der Waals surface area contributed by atoms with Gasteiger partial charge in [-0.25, -0.2) is 4.98 Å². The number of rotatable bonds is 3. The van der Waals surface area contributed by atoms with Crippen LogP contribution in [0.1, 0.15) is 5.69 Å². The van der Waals surface area contributed by atoms with Gasteiger partial charge < -0.3 is 15.0 Å². The van der Waals surface area contributed by atoms with Crippen molar-refractivity contribution >= 4 is 18.4 Å². The van der Waals surface area contributed by atoms with Crippen LogP contribution >= 0.6 is 12.4 Å². The van der Waals surface area contributed by atoms with Crippen LogP contribution in [-0.2, 0) is 23.0 Å². The second-order valence-corrected chi connectivity index (χ2v) is 2.86. The van der Waals surface area contributed by atoms with E-state index < -0.39 is 12.0 Å². The summed E-state index contributed by atoms with van der Waals surface area (Å²) in [6, 6.07) is -0.625. The number of ether oxygens (including phenoxy) is 1. The second kappa shape index (κ2) is 5.62. The molecule has 2 N–H and O–H groups in total. The minimum atomic E-state index is -0.625. The maximum atomic E-state index is 10.9. The highest BCUT2D eigenvalue weighted by Gasteiger charge is 2.15. The van der Waals surface area contributed by atoms with Crippen LogP contribution in [0.3, 0.4) is 0 Å². The molecule has 1 heterocycles. The average Bonchev–Trinajstić information content (AvgIpc) is 2.49. The third kappa shape index (κ3) is 3.35. The van der Waals surface area contributed by atoms with Crippen molar-refractivity contribution in [3.05, 3.63) is 18.2 Å². The lowest BCUT2D eigenvalue weighted by Crippen LogP contribution is -2.33. The van der Waals surface area contributed by atoms with Crippen molar-refractivity contribution in [2.75, 3.05) is 7.11 Å². The summed E-state index contributed by atoms with van der Waals surface area (Å²) < 4.78 is 6.30. The molecule has 1 aromatic rings. The number of methoxy groups -OCH3 is 1. The number of hydrogen-bond acceptors (Lipinski definition) is 4. The van der Waals surface area contributed by atoms with Crippen LogP contribution in [0.4, 0.5) is 0 Å². The summed E-state index contributed by atoms with van der Waals surface area (Å²) in [4.78, 5) is 15.0. The first-order valence-electron chi connectivity index (χ1n) is 3.93. The van der Waals surface area contributed by atoms with Crippen molar-refractivity contribution < 1.29 is 9.53 Å². The highest BCUT2D eigenvalue weighted by atomic mass is 35.5. The van der Waals surface area contributed by atoms with E-state index in [4.69, 9.17) is 5.73 Å². The summed E-state index contributed by atoms with van der Waals surface area (Å²) in [7, 11) is 3.18. The number of hydrogen-bond donors (Lipinski definition) is 1. The molecule has 6 heteroatoms. The van der Waals surface area contributed by atoms with Gasteiger partial charge >= 0.3 is 5.97 Å². The average molecular weight is 220 g/mol. The molecule has 0 unspecified atom stereocenters. The number of imidazole rings is 1. The molecule has 0 amide bonds. The lowest BCUT2D eigenvalue weighted by Gasteiger charge is -2.06. The predicted molar refractivity (Wildman–Crippen MR) is 54.2 cm³/mol. The Morgan fingerprint density at radius 3 is 2.86 bits per heavy atom. The van der Waals surface area contributed by atoms with Gasteiger partial charge in [0.05, 0.1) is 19.1 Å². The predicted octanol–water partition coefficient (Wildman–Crippen LogP) is -0.115. The molecule has 0 aliphatic carbocycles. The largest absolute Gasteiger partial charge is 0.468 e. The van der Waals surface area contributed by atoms with Crippen LogP contribution in [0.2, 0.25) is 0 Å². The zero-order valence-corrected chi connectivity index (χ0v) is 8.95. The first-order valence-corrected chi connectivity index (χ1v) is 3.93. The Balaban J connectivity index is 0.00000169. The van der Waals surface area contributed by atoms with Crippen LogP contribution in [0.5, 0.6) is 0 Å². The number of aryl methyl sites for hydroxylation is 1. The number of carbonyl (C=O) groups excluding carboxylic acids is 1. The summed E-state index contributed by atoms with van der Waals surface area (Å²) in [6.07, 6.45) is 3.90. The fraction of sp³-hybridized carbons (Fsp3) is 0.500. The Morgan fingerprint density at radius 2 is 2.43 bits per heavy atom.